The van der Waals surface area contributed by atoms with E-state index in [-0.39, 0.29) is 5.56 Å². The zero-order valence-corrected chi connectivity index (χ0v) is 11.6. The van der Waals surface area contributed by atoms with Gasteiger partial charge in [0, 0.05) is 18.9 Å². The SMILES string of the molecule is CCc1cc(C(=O)O)cc(N(C)Cc2ccccn2)n1. The summed E-state index contributed by atoms with van der Waals surface area (Å²) in [5.74, 6) is -0.290. The fourth-order valence-corrected chi connectivity index (χ4v) is 1.89. The van der Waals surface area contributed by atoms with Gasteiger partial charge in [-0.3, -0.25) is 4.98 Å². The van der Waals surface area contributed by atoms with Crippen LogP contribution in [0.15, 0.2) is 36.5 Å². The Morgan fingerprint density at radius 1 is 1.30 bits per heavy atom. The second-order valence-electron chi connectivity index (χ2n) is 4.54. The highest BCUT2D eigenvalue weighted by Crippen LogP contribution is 2.16. The van der Waals surface area contributed by atoms with Crippen molar-refractivity contribution >= 4 is 11.8 Å². The number of hydrogen-bond acceptors (Lipinski definition) is 4. The minimum atomic E-state index is -0.936. The second kappa shape index (κ2) is 6.14. The highest BCUT2D eigenvalue weighted by molar-refractivity contribution is 5.88. The number of carbonyl (C=O) groups is 1. The minimum Gasteiger partial charge on any atom is -0.478 e. The molecular formula is C15H17N3O2. The Balaban J connectivity index is 2.27. The van der Waals surface area contributed by atoms with Crippen molar-refractivity contribution in [3.05, 3.63) is 53.5 Å². The zero-order chi connectivity index (χ0) is 14.5. The molecular weight excluding hydrogens is 254 g/mol. The molecule has 2 aromatic rings. The molecule has 5 nitrogen and oxygen atoms in total. The molecule has 0 fully saturated rings. The lowest BCUT2D eigenvalue weighted by atomic mass is 10.2. The molecule has 0 aromatic carbocycles. The van der Waals surface area contributed by atoms with Gasteiger partial charge in [0.05, 0.1) is 17.8 Å². The van der Waals surface area contributed by atoms with Gasteiger partial charge < -0.3 is 10.0 Å². The molecule has 104 valence electrons. The first-order chi connectivity index (χ1) is 9.60. The van der Waals surface area contributed by atoms with Crippen molar-refractivity contribution in [2.75, 3.05) is 11.9 Å². The number of nitrogens with zero attached hydrogens (tertiary/aromatic N) is 3. The summed E-state index contributed by atoms with van der Waals surface area (Å²) in [7, 11) is 1.88. The van der Waals surface area contributed by atoms with E-state index in [1.54, 1.807) is 18.3 Å². The van der Waals surface area contributed by atoms with Gasteiger partial charge in [0.2, 0.25) is 0 Å². The molecule has 0 aliphatic rings. The summed E-state index contributed by atoms with van der Waals surface area (Å²) in [5, 5.41) is 9.14. The van der Waals surface area contributed by atoms with Crippen LogP contribution in [0.4, 0.5) is 5.82 Å². The number of rotatable bonds is 5. The number of hydrogen-bond donors (Lipinski definition) is 1. The van der Waals surface area contributed by atoms with Crippen LogP contribution in [0.1, 0.15) is 28.7 Å². The number of anilines is 1. The molecule has 2 heterocycles. The van der Waals surface area contributed by atoms with Crippen molar-refractivity contribution in [2.45, 2.75) is 19.9 Å². The summed E-state index contributed by atoms with van der Waals surface area (Å²) in [5.41, 5.74) is 1.95. The second-order valence-corrected chi connectivity index (χ2v) is 4.54. The van der Waals surface area contributed by atoms with E-state index in [0.717, 1.165) is 11.4 Å². The first-order valence-electron chi connectivity index (χ1n) is 6.45. The molecule has 0 radical (unpaired) electrons. The molecule has 0 saturated carbocycles. The van der Waals surface area contributed by atoms with Crippen LogP contribution in [0.3, 0.4) is 0 Å². The van der Waals surface area contributed by atoms with Gasteiger partial charge in [-0.05, 0) is 30.7 Å². The van der Waals surface area contributed by atoms with E-state index in [4.69, 9.17) is 5.11 Å². The number of aromatic nitrogens is 2. The van der Waals surface area contributed by atoms with Gasteiger partial charge in [-0.1, -0.05) is 13.0 Å². The lowest BCUT2D eigenvalue weighted by molar-refractivity contribution is 0.0696. The number of aromatic carboxylic acids is 1. The van der Waals surface area contributed by atoms with Crippen LogP contribution >= 0.6 is 0 Å². The molecule has 0 aliphatic heterocycles. The third kappa shape index (κ3) is 3.32. The van der Waals surface area contributed by atoms with E-state index in [2.05, 4.69) is 9.97 Å². The van der Waals surface area contributed by atoms with E-state index in [1.165, 1.54) is 0 Å². The molecule has 0 aliphatic carbocycles. The Morgan fingerprint density at radius 3 is 2.70 bits per heavy atom. The first-order valence-corrected chi connectivity index (χ1v) is 6.45. The van der Waals surface area contributed by atoms with Crippen LogP contribution in [-0.4, -0.2) is 28.1 Å². The van der Waals surface area contributed by atoms with Crippen molar-refractivity contribution in [3.8, 4) is 0 Å². The number of aryl methyl sites for hydroxylation is 1. The average Bonchev–Trinajstić information content (AvgIpc) is 2.47. The average molecular weight is 271 g/mol. The Hall–Kier alpha value is -2.43. The lowest BCUT2D eigenvalue weighted by Gasteiger charge is -2.19. The minimum absolute atomic E-state index is 0.264. The van der Waals surface area contributed by atoms with Gasteiger partial charge in [-0.25, -0.2) is 9.78 Å². The number of pyridine rings is 2. The van der Waals surface area contributed by atoms with E-state index in [1.807, 2.05) is 37.1 Å². The summed E-state index contributed by atoms with van der Waals surface area (Å²) in [4.78, 5) is 21.8. The number of carboxylic acids is 1. The van der Waals surface area contributed by atoms with E-state index in [0.29, 0.717) is 18.8 Å². The van der Waals surface area contributed by atoms with E-state index < -0.39 is 5.97 Å². The normalized spacial score (nSPS) is 10.3. The van der Waals surface area contributed by atoms with E-state index in [9.17, 15) is 4.79 Å². The third-order valence-corrected chi connectivity index (χ3v) is 2.99. The van der Waals surface area contributed by atoms with Gasteiger partial charge in [0.25, 0.3) is 0 Å². The monoisotopic (exact) mass is 271 g/mol. The Kier molecular flexibility index (Phi) is 4.30. The summed E-state index contributed by atoms with van der Waals surface area (Å²) in [6, 6.07) is 8.92. The molecule has 20 heavy (non-hydrogen) atoms. The maximum absolute atomic E-state index is 11.1. The summed E-state index contributed by atoms with van der Waals surface area (Å²) in [6.07, 6.45) is 2.44. The lowest BCUT2D eigenvalue weighted by Crippen LogP contribution is -2.19. The molecule has 0 unspecified atom stereocenters. The topological polar surface area (TPSA) is 66.3 Å². The first kappa shape index (κ1) is 14.0. The highest BCUT2D eigenvalue weighted by Gasteiger charge is 2.11. The van der Waals surface area contributed by atoms with Crippen LogP contribution < -0.4 is 4.90 Å². The third-order valence-electron chi connectivity index (χ3n) is 2.99. The van der Waals surface area contributed by atoms with Crippen molar-refractivity contribution in [3.63, 3.8) is 0 Å². The predicted octanol–water partition coefficient (Wildman–Crippen LogP) is 2.37. The fourth-order valence-electron chi connectivity index (χ4n) is 1.89. The van der Waals surface area contributed by atoms with E-state index >= 15 is 0 Å². The molecule has 5 heteroatoms. The largest absolute Gasteiger partial charge is 0.478 e. The van der Waals surface area contributed by atoms with Crippen molar-refractivity contribution in [1.82, 2.24) is 9.97 Å². The Morgan fingerprint density at radius 2 is 2.10 bits per heavy atom. The fraction of sp³-hybridized carbons (Fsp3) is 0.267. The standard InChI is InChI=1S/C15H17N3O2/c1-3-12-8-11(15(19)20)9-14(17-12)18(2)10-13-6-4-5-7-16-13/h4-9H,3,10H2,1-2H3,(H,19,20). The summed E-state index contributed by atoms with van der Waals surface area (Å²) in [6.45, 7) is 2.54. The molecule has 2 aromatic heterocycles. The highest BCUT2D eigenvalue weighted by atomic mass is 16.4. The molecule has 0 saturated heterocycles. The van der Waals surface area contributed by atoms with Crippen LogP contribution in [0, 0.1) is 0 Å². The molecule has 0 atom stereocenters. The smallest absolute Gasteiger partial charge is 0.335 e. The van der Waals surface area contributed by atoms with Crippen LogP contribution in [0.2, 0.25) is 0 Å². The van der Waals surface area contributed by atoms with Crippen molar-refractivity contribution in [1.29, 1.82) is 0 Å². The van der Waals surface area contributed by atoms with Crippen molar-refractivity contribution < 1.29 is 9.90 Å². The quantitative estimate of drug-likeness (QED) is 0.904. The zero-order valence-electron chi connectivity index (χ0n) is 11.6. The summed E-state index contributed by atoms with van der Waals surface area (Å²) < 4.78 is 0. The molecule has 0 amide bonds. The molecule has 2 rings (SSSR count). The Bertz CT molecular complexity index is 599. The van der Waals surface area contributed by atoms with Gasteiger partial charge in [-0.15, -0.1) is 0 Å². The molecule has 0 spiro atoms. The van der Waals surface area contributed by atoms with Gasteiger partial charge in [-0.2, -0.15) is 0 Å². The number of carboxylic acid groups (broad SMARTS) is 1. The summed E-state index contributed by atoms with van der Waals surface area (Å²) >= 11 is 0. The van der Waals surface area contributed by atoms with Gasteiger partial charge in [0.15, 0.2) is 0 Å². The van der Waals surface area contributed by atoms with Gasteiger partial charge in [0.1, 0.15) is 5.82 Å². The van der Waals surface area contributed by atoms with Crippen LogP contribution in [-0.2, 0) is 13.0 Å². The van der Waals surface area contributed by atoms with Gasteiger partial charge >= 0.3 is 5.97 Å². The maximum atomic E-state index is 11.1. The maximum Gasteiger partial charge on any atom is 0.335 e. The van der Waals surface area contributed by atoms with Crippen LogP contribution in [0.5, 0.6) is 0 Å². The molecule has 1 N–H and O–H groups in total. The predicted molar refractivity (Wildman–Crippen MR) is 76.9 cm³/mol. The van der Waals surface area contributed by atoms with Crippen LogP contribution in [0.25, 0.3) is 0 Å². The Labute approximate surface area is 117 Å². The van der Waals surface area contributed by atoms with Crippen molar-refractivity contribution in [2.24, 2.45) is 0 Å². The molecule has 0 bridgehead atoms.